The molecule has 3 nitrogen and oxygen atoms in total. The summed E-state index contributed by atoms with van der Waals surface area (Å²) in [5, 5.41) is 4.07. The molecule has 1 rings (SSSR count). The molecule has 0 unspecified atom stereocenters. The Morgan fingerprint density at radius 3 is 2.86 bits per heavy atom. The Kier molecular flexibility index (Phi) is 3.59. The molecule has 0 amide bonds. The molecule has 0 atom stereocenters. The first-order chi connectivity index (χ1) is 6.61. The second kappa shape index (κ2) is 4.72. The van der Waals surface area contributed by atoms with Crippen molar-refractivity contribution in [3.63, 3.8) is 0 Å². The molecule has 0 spiro atoms. The van der Waals surface area contributed by atoms with Gasteiger partial charge in [0.15, 0.2) is 5.11 Å². The van der Waals surface area contributed by atoms with E-state index in [1.54, 1.807) is 6.21 Å². The lowest BCUT2D eigenvalue weighted by Gasteiger charge is -2.02. The number of nitrogens with two attached hydrogens (primary N) is 1. The summed E-state index contributed by atoms with van der Waals surface area (Å²) in [4.78, 5) is 0. The lowest BCUT2D eigenvalue weighted by atomic mass is 10.0. The van der Waals surface area contributed by atoms with Gasteiger partial charge in [0, 0.05) is 0 Å². The Morgan fingerprint density at radius 1 is 1.50 bits per heavy atom. The first kappa shape index (κ1) is 10.7. The average Bonchev–Trinajstić information content (AvgIpc) is 2.12. The number of benzene rings is 1. The summed E-state index contributed by atoms with van der Waals surface area (Å²) >= 11 is 4.62. The van der Waals surface area contributed by atoms with Crippen LogP contribution in [0.25, 0.3) is 0 Å². The summed E-state index contributed by atoms with van der Waals surface area (Å²) in [6.07, 6.45) is 1.71. The molecule has 0 aliphatic heterocycles. The molecule has 0 aliphatic rings. The fraction of sp³-hybridized carbons (Fsp3) is 0.200. The van der Waals surface area contributed by atoms with Crippen LogP contribution in [0, 0.1) is 13.8 Å². The Hall–Kier alpha value is -1.42. The van der Waals surface area contributed by atoms with E-state index in [-0.39, 0.29) is 5.11 Å². The van der Waals surface area contributed by atoms with Gasteiger partial charge in [0.2, 0.25) is 0 Å². The minimum atomic E-state index is 0.173. The van der Waals surface area contributed by atoms with Crippen LogP contribution in [0.3, 0.4) is 0 Å². The first-order valence-corrected chi connectivity index (χ1v) is 4.67. The third-order valence-corrected chi connectivity index (χ3v) is 2.12. The van der Waals surface area contributed by atoms with E-state index in [0.717, 1.165) is 5.56 Å². The van der Waals surface area contributed by atoms with Crippen LogP contribution in [-0.2, 0) is 0 Å². The SMILES string of the molecule is Cc1cccc(C=NNC(N)=S)c1C. The molecule has 0 heterocycles. The number of nitrogens with zero attached hydrogens (tertiary/aromatic N) is 1. The zero-order valence-electron chi connectivity index (χ0n) is 8.24. The molecule has 3 N–H and O–H groups in total. The Balaban J connectivity index is 2.81. The predicted molar refractivity (Wildman–Crippen MR) is 63.4 cm³/mol. The number of rotatable bonds is 2. The fourth-order valence-corrected chi connectivity index (χ4v) is 1.13. The predicted octanol–water partition coefficient (Wildman–Crippen LogP) is 1.47. The van der Waals surface area contributed by atoms with E-state index < -0.39 is 0 Å². The summed E-state index contributed by atoms with van der Waals surface area (Å²) in [6, 6.07) is 6.05. The van der Waals surface area contributed by atoms with Gasteiger partial charge in [0.05, 0.1) is 6.21 Å². The molecule has 1 aromatic carbocycles. The van der Waals surface area contributed by atoms with Gasteiger partial charge in [-0.3, -0.25) is 5.43 Å². The van der Waals surface area contributed by atoms with Crippen molar-refractivity contribution in [1.82, 2.24) is 5.43 Å². The zero-order chi connectivity index (χ0) is 10.6. The quantitative estimate of drug-likeness (QED) is 0.438. The summed E-state index contributed by atoms with van der Waals surface area (Å²) in [5.41, 5.74) is 11.3. The normalized spacial score (nSPS) is 10.4. The fourth-order valence-electron chi connectivity index (χ4n) is 1.08. The highest BCUT2D eigenvalue weighted by Gasteiger charge is 1.96. The van der Waals surface area contributed by atoms with Gasteiger partial charge in [-0.2, -0.15) is 5.10 Å². The minimum absolute atomic E-state index is 0.173. The van der Waals surface area contributed by atoms with Crippen LogP contribution < -0.4 is 11.2 Å². The van der Waals surface area contributed by atoms with Gasteiger partial charge in [0.25, 0.3) is 0 Å². The number of nitrogens with one attached hydrogen (secondary N) is 1. The summed E-state index contributed by atoms with van der Waals surface area (Å²) in [7, 11) is 0. The molecule has 0 saturated carbocycles. The highest BCUT2D eigenvalue weighted by molar-refractivity contribution is 7.80. The largest absolute Gasteiger partial charge is 0.375 e. The van der Waals surface area contributed by atoms with Gasteiger partial charge in [-0.05, 0) is 42.8 Å². The van der Waals surface area contributed by atoms with Gasteiger partial charge in [-0.15, -0.1) is 0 Å². The molecule has 0 fully saturated rings. The van der Waals surface area contributed by atoms with Crippen molar-refractivity contribution in [1.29, 1.82) is 0 Å². The summed E-state index contributed by atoms with van der Waals surface area (Å²) < 4.78 is 0. The molecular weight excluding hydrogens is 194 g/mol. The summed E-state index contributed by atoms with van der Waals surface area (Å²) in [5.74, 6) is 0. The van der Waals surface area contributed by atoms with Crippen molar-refractivity contribution < 1.29 is 0 Å². The van der Waals surface area contributed by atoms with Gasteiger partial charge in [0.1, 0.15) is 0 Å². The van der Waals surface area contributed by atoms with Crippen molar-refractivity contribution in [2.75, 3.05) is 0 Å². The molecule has 1 aromatic rings. The van der Waals surface area contributed by atoms with Crippen molar-refractivity contribution >= 4 is 23.5 Å². The van der Waals surface area contributed by atoms with Crippen molar-refractivity contribution in [3.8, 4) is 0 Å². The van der Waals surface area contributed by atoms with E-state index in [1.165, 1.54) is 11.1 Å². The molecule has 4 heteroatoms. The van der Waals surface area contributed by atoms with Crippen LogP contribution in [0.15, 0.2) is 23.3 Å². The maximum atomic E-state index is 5.23. The average molecular weight is 207 g/mol. The van der Waals surface area contributed by atoms with Crippen molar-refractivity contribution in [3.05, 3.63) is 34.9 Å². The molecular formula is C10H13N3S. The molecule has 0 bridgehead atoms. The van der Waals surface area contributed by atoms with Crippen LogP contribution in [0.4, 0.5) is 0 Å². The van der Waals surface area contributed by atoms with Gasteiger partial charge in [-0.25, -0.2) is 0 Å². The van der Waals surface area contributed by atoms with E-state index in [4.69, 9.17) is 5.73 Å². The molecule has 14 heavy (non-hydrogen) atoms. The molecule has 0 aliphatic carbocycles. The molecule has 0 aromatic heterocycles. The first-order valence-electron chi connectivity index (χ1n) is 4.26. The van der Waals surface area contributed by atoms with E-state index in [2.05, 4.69) is 42.7 Å². The second-order valence-corrected chi connectivity index (χ2v) is 3.46. The van der Waals surface area contributed by atoms with Crippen molar-refractivity contribution in [2.24, 2.45) is 10.8 Å². The lowest BCUT2D eigenvalue weighted by Crippen LogP contribution is -2.24. The molecule has 0 saturated heterocycles. The van der Waals surface area contributed by atoms with Crippen LogP contribution in [-0.4, -0.2) is 11.3 Å². The third-order valence-electron chi connectivity index (χ3n) is 2.02. The second-order valence-electron chi connectivity index (χ2n) is 3.02. The highest BCUT2D eigenvalue weighted by atomic mass is 32.1. The Morgan fingerprint density at radius 2 is 2.21 bits per heavy atom. The number of aryl methyl sites for hydroxylation is 1. The number of hydrogen-bond acceptors (Lipinski definition) is 2. The van der Waals surface area contributed by atoms with Gasteiger partial charge >= 0.3 is 0 Å². The van der Waals surface area contributed by atoms with Crippen LogP contribution in [0.5, 0.6) is 0 Å². The Bertz CT molecular complexity index is 372. The van der Waals surface area contributed by atoms with E-state index >= 15 is 0 Å². The molecule has 74 valence electrons. The maximum Gasteiger partial charge on any atom is 0.184 e. The maximum absolute atomic E-state index is 5.23. The van der Waals surface area contributed by atoms with Crippen LogP contribution >= 0.6 is 12.2 Å². The van der Waals surface area contributed by atoms with Crippen LogP contribution in [0.2, 0.25) is 0 Å². The lowest BCUT2D eigenvalue weighted by molar-refractivity contribution is 1.04. The van der Waals surface area contributed by atoms with Gasteiger partial charge < -0.3 is 5.73 Å². The topological polar surface area (TPSA) is 50.4 Å². The Labute approximate surface area is 89.0 Å². The highest BCUT2D eigenvalue weighted by Crippen LogP contribution is 2.09. The van der Waals surface area contributed by atoms with Crippen molar-refractivity contribution in [2.45, 2.75) is 13.8 Å². The van der Waals surface area contributed by atoms with E-state index in [1.807, 2.05) is 12.1 Å². The number of thiocarbonyl (C=S) groups is 1. The smallest absolute Gasteiger partial charge is 0.184 e. The zero-order valence-corrected chi connectivity index (χ0v) is 9.06. The summed E-state index contributed by atoms with van der Waals surface area (Å²) in [6.45, 7) is 4.12. The number of hydrogen-bond donors (Lipinski definition) is 2. The monoisotopic (exact) mass is 207 g/mol. The third kappa shape index (κ3) is 2.81. The number of hydrazone groups is 1. The van der Waals surface area contributed by atoms with Gasteiger partial charge in [-0.1, -0.05) is 18.2 Å². The van der Waals surface area contributed by atoms with Crippen LogP contribution in [0.1, 0.15) is 16.7 Å². The van der Waals surface area contributed by atoms with E-state index in [9.17, 15) is 0 Å². The standard InChI is InChI=1S/C10H13N3S/c1-7-4-3-5-9(8(7)2)6-12-13-10(11)14/h3-6H,1-2H3,(H3,11,13,14). The van der Waals surface area contributed by atoms with E-state index in [0.29, 0.717) is 0 Å². The molecule has 0 radical (unpaired) electrons. The minimum Gasteiger partial charge on any atom is -0.375 e.